The summed E-state index contributed by atoms with van der Waals surface area (Å²) in [5.74, 6) is -4.35. The van der Waals surface area contributed by atoms with Crippen LogP contribution in [0.25, 0.3) is 0 Å². The second-order valence-electron chi connectivity index (χ2n) is 10.5. The SMILES string of the molecule is CC(=O)N[C@@H](CCCCNC(=O)c1cccnc1)C(=O)N1CCC(C(=O)N[C@@H](CC(=O)O)C(=O)O)(c2ccccc2)CC1. The first-order chi connectivity index (χ1) is 20.5. The molecule has 0 unspecified atom stereocenters. The molecule has 5 N–H and O–H groups in total. The van der Waals surface area contributed by atoms with Crippen molar-refractivity contribution in [2.75, 3.05) is 19.6 Å². The lowest BCUT2D eigenvalue weighted by atomic mass is 9.71. The Labute approximate surface area is 249 Å². The van der Waals surface area contributed by atoms with E-state index in [1.807, 2.05) is 0 Å². The fourth-order valence-electron chi connectivity index (χ4n) is 5.18. The zero-order chi connectivity index (χ0) is 31.4. The van der Waals surface area contributed by atoms with Crippen molar-refractivity contribution < 1.29 is 39.0 Å². The van der Waals surface area contributed by atoms with Crippen LogP contribution in [-0.2, 0) is 29.4 Å². The van der Waals surface area contributed by atoms with Gasteiger partial charge in [-0.3, -0.25) is 29.0 Å². The molecule has 1 fully saturated rings. The molecule has 2 heterocycles. The molecule has 43 heavy (non-hydrogen) atoms. The lowest BCUT2D eigenvalue weighted by molar-refractivity contribution is -0.148. The Morgan fingerprint density at radius 1 is 0.930 bits per heavy atom. The van der Waals surface area contributed by atoms with Gasteiger partial charge in [0.2, 0.25) is 17.7 Å². The minimum atomic E-state index is -1.61. The van der Waals surface area contributed by atoms with Gasteiger partial charge in [0.15, 0.2) is 0 Å². The van der Waals surface area contributed by atoms with Gasteiger partial charge >= 0.3 is 11.9 Å². The molecule has 3 rings (SSSR count). The normalized spacial score (nSPS) is 15.4. The average molecular weight is 596 g/mol. The Morgan fingerprint density at radius 2 is 1.63 bits per heavy atom. The van der Waals surface area contributed by atoms with Gasteiger partial charge in [-0.1, -0.05) is 30.3 Å². The minimum Gasteiger partial charge on any atom is -0.481 e. The first-order valence-corrected chi connectivity index (χ1v) is 14.1. The summed E-state index contributed by atoms with van der Waals surface area (Å²) in [6, 6.07) is 9.69. The van der Waals surface area contributed by atoms with Gasteiger partial charge < -0.3 is 31.1 Å². The van der Waals surface area contributed by atoms with Gasteiger partial charge in [0.05, 0.1) is 17.4 Å². The van der Waals surface area contributed by atoms with Crippen molar-refractivity contribution in [1.82, 2.24) is 25.8 Å². The highest BCUT2D eigenvalue weighted by molar-refractivity contribution is 5.94. The van der Waals surface area contributed by atoms with Gasteiger partial charge in [-0.05, 0) is 49.8 Å². The highest BCUT2D eigenvalue weighted by Crippen LogP contribution is 2.36. The third-order valence-corrected chi connectivity index (χ3v) is 7.48. The van der Waals surface area contributed by atoms with Crippen LogP contribution in [-0.4, -0.2) is 87.4 Å². The van der Waals surface area contributed by atoms with Crippen LogP contribution < -0.4 is 16.0 Å². The van der Waals surface area contributed by atoms with E-state index in [1.54, 1.807) is 53.6 Å². The van der Waals surface area contributed by atoms with Crippen molar-refractivity contribution in [3.8, 4) is 0 Å². The summed E-state index contributed by atoms with van der Waals surface area (Å²) in [5, 5.41) is 26.5. The number of carbonyl (C=O) groups is 6. The summed E-state index contributed by atoms with van der Waals surface area (Å²) in [6.07, 6.45) is 4.08. The summed E-state index contributed by atoms with van der Waals surface area (Å²) in [4.78, 5) is 79.4. The number of carboxylic acids is 2. The quantitative estimate of drug-likeness (QED) is 0.199. The zero-order valence-electron chi connectivity index (χ0n) is 24.0. The fourth-order valence-corrected chi connectivity index (χ4v) is 5.18. The van der Waals surface area contributed by atoms with Crippen molar-refractivity contribution in [2.24, 2.45) is 0 Å². The van der Waals surface area contributed by atoms with E-state index in [-0.39, 0.29) is 43.7 Å². The van der Waals surface area contributed by atoms with Gasteiger partial charge in [0, 0.05) is 39.0 Å². The minimum absolute atomic E-state index is 0.162. The number of benzene rings is 1. The van der Waals surface area contributed by atoms with Crippen molar-refractivity contribution in [1.29, 1.82) is 0 Å². The summed E-state index contributed by atoms with van der Waals surface area (Å²) in [7, 11) is 0. The van der Waals surface area contributed by atoms with Crippen LogP contribution in [0.1, 0.15) is 61.4 Å². The van der Waals surface area contributed by atoms with Crippen LogP contribution in [0.15, 0.2) is 54.9 Å². The second kappa shape index (κ2) is 15.4. The van der Waals surface area contributed by atoms with Crippen LogP contribution in [0.2, 0.25) is 0 Å². The van der Waals surface area contributed by atoms with E-state index in [1.165, 1.54) is 13.1 Å². The molecule has 2 atom stereocenters. The van der Waals surface area contributed by atoms with Gasteiger partial charge in [-0.25, -0.2) is 4.79 Å². The molecule has 1 aromatic heterocycles. The summed E-state index contributed by atoms with van der Waals surface area (Å²) < 4.78 is 0. The molecule has 1 aliphatic rings. The molecule has 1 saturated heterocycles. The predicted molar refractivity (Wildman–Crippen MR) is 154 cm³/mol. The summed E-state index contributed by atoms with van der Waals surface area (Å²) in [5.41, 5.74) is -0.106. The number of aliphatic carboxylic acids is 2. The Balaban J connectivity index is 1.64. The summed E-state index contributed by atoms with van der Waals surface area (Å²) >= 11 is 0. The molecule has 13 nitrogen and oxygen atoms in total. The average Bonchev–Trinajstić information content (AvgIpc) is 3.00. The number of nitrogens with one attached hydrogen (secondary N) is 3. The lowest BCUT2D eigenvalue weighted by Gasteiger charge is -2.42. The monoisotopic (exact) mass is 595 g/mol. The molecule has 0 saturated carbocycles. The van der Waals surface area contributed by atoms with E-state index in [2.05, 4.69) is 20.9 Å². The topological polar surface area (TPSA) is 195 Å². The van der Waals surface area contributed by atoms with Crippen molar-refractivity contribution >= 4 is 35.6 Å². The van der Waals surface area contributed by atoms with E-state index < -0.39 is 41.8 Å². The van der Waals surface area contributed by atoms with Crippen LogP contribution in [0.3, 0.4) is 0 Å². The molecule has 2 aromatic rings. The highest BCUT2D eigenvalue weighted by atomic mass is 16.4. The maximum Gasteiger partial charge on any atom is 0.326 e. The second-order valence-corrected chi connectivity index (χ2v) is 10.5. The summed E-state index contributed by atoms with van der Waals surface area (Å²) in [6.45, 7) is 2.03. The highest BCUT2D eigenvalue weighted by Gasteiger charge is 2.45. The molecule has 1 aliphatic heterocycles. The number of aromatic nitrogens is 1. The third kappa shape index (κ3) is 9.09. The number of hydrogen-bond acceptors (Lipinski definition) is 7. The molecule has 4 amide bonds. The van der Waals surface area contributed by atoms with Gasteiger partial charge in [-0.15, -0.1) is 0 Å². The van der Waals surface area contributed by atoms with Crippen molar-refractivity contribution in [3.63, 3.8) is 0 Å². The van der Waals surface area contributed by atoms with Crippen LogP contribution in [0, 0.1) is 0 Å². The largest absolute Gasteiger partial charge is 0.481 e. The van der Waals surface area contributed by atoms with Crippen LogP contribution >= 0.6 is 0 Å². The molecule has 0 radical (unpaired) electrons. The Kier molecular flexibility index (Phi) is 11.7. The fraction of sp³-hybridized carbons (Fsp3) is 0.433. The molecule has 1 aromatic carbocycles. The van der Waals surface area contributed by atoms with Gasteiger partial charge in [-0.2, -0.15) is 0 Å². The molecular weight excluding hydrogens is 558 g/mol. The molecule has 0 spiro atoms. The number of pyridine rings is 1. The third-order valence-electron chi connectivity index (χ3n) is 7.48. The first-order valence-electron chi connectivity index (χ1n) is 14.1. The molecule has 0 aliphatic carbocycles. The molecule has 13 heteroatoms. The lowest BCUT2D eigenvalue weighted by Crippen LogP contribution is -2.58. The Hall–Kier alpha value is -4.81. The number of unbranched alkanes of at least 4 members (excludes halogenated alkanes) is 1. The van der Waals surface area contributed by atoms with Crippen LogP contribution in [0.5, 0.6) is 0 Å². The van der Waals surface area contributed by atoms with Gasteiger partial charge in [0.1, 0.15) is 12.1 Å². The van der Waals surface area contributed by atoms with E-state index >= 15 is 0 Å². The molecular formula is C30H37N5O8. The Bertz CT molecular complexity index is 1300. The number of carboxylic acid groups (broad SMARTS) is 2. The number of hydrogen-bond donors (Lipinski definition) is 5. The zero-order valence-corrected chi connectivity index (χ0v) is 24.0. The van der Waals surface area contributed by atoms with E-state index in [0.717, 1.165) is 0 Å². The van der Waals surface area contributed by atoms with E-state index in [4.69, 9.17) is 5.11 Å². The van der Waals surface area contributed by atoms with Crippen molar-refractivity contribution in [2.45, 2.75) is 62.9 Å². The standard InChI is InChI=1S/C30H37N5O8/c1-20(36)33-23(11-5-6-15-32-26(39)21-8-7-14-31-19-21)27(40)35-16-12-30(13-17-35,22-9-3-2-4-10-22)29(43)34-24(28(41)42)18-25(37)38/h2-4,7-10,14,19,23-24H,5-6,11-13,15-18H2,1H3,(H,32,39)(H,33,36)(H,34,43)(H,37,38)(H,41,42)/t23-,24-/m0/s1. The predicted octanol–water partition coefficient (Wildman–Crippen LogP) is 1.09. The maximum atomic E-state index is 13.6. The first kappa shape index (κ1) is 32.7. The molecule has 0 bridgehead atoms. The van der Waals surface area contributed by atoms with Crippen molar-refractivity contribution in [3.05, 3.63) is 66.0 Å². The van der Waals surface area contributed by atoms with Crippen LogP contribution in [0.4, 0.5) is 0 Å². The van der Waals surface area contributed by atoms with E-state index in [9.17, 15) is 33.9 Å². The number of nitrogens with zero attached hydrogens (tertiary/aromatic N) is 2. The molecule has 230 valence electrons. The Morgan fingerprint density at radius 3 is 2.21 bits per heavy atom. The van der Waals surface area contributed by atoms with E-state index in [0.29, 0.717) is 36.9 Å². The smallest absolute Gasteiger partial charge is 0.326 e. The maximum absolute atomic E-state index is 13.6. The number of amides is 4. The number of piperidine rings is 1. The van der Waals surface area contributed by atoms with Gasteiger partial charge in [0.25, 0.3) is 5.91 Å². The number of rotatable bonds is 14. The number of carbonyl (C=O) groups excluding carboxylic acids is 4. The number of likely N-dealkylation sites (tertiary alicyclic amines) is 1.